The van der Waals surface area contributed by atoms with Crippen molar-refractivity contribution in [2.45, 2.75) is 45.5 Å². The largest absolute Gasteiger partial charge is 0.373 e. The van der Waals surface area contributed by atoms with E-state index in [0.29, 0.717) is 12.6 Å². The zero-order valence-electron chi connectivity index (χ0n) is 17.4. The van der Waals surface area contributed by atoms with Crippen LogP contribution >= 0.6 is 11.3 Å². The van der Waals surface area contributed by atoms with Crippen LogP contribution in [0.4, 0.5) is 0 Å². The van der Waals surface area contributed by atoms with Crippen molar-refractivity contribution in [3.8, 4) is 0 Å². The molecule has 156 valence electrons. The fourth-order valence-corrected chi connectivity index (χ4v) is 4.89. The Morgan fingerprint density at radius 2 is 2.14 bits per heavy atom. The summed E-state index contributed by atoms with van der Waals surface area (Å²) in [6.07, 6.45) is 3.25. The van der Waals surface area contributed by atoms with Gasteiger partial charge < -0.3 is 15.0 Å². The quantitative estimate of drug-likeness (QED) is 0.583. The van der Waals surface area contributed by atoms with Gasteiger partial charge >= 0.3 is 0 Å². The van der Waals surface area contributed by atoms with Gasteiger partial charge in [-0.2, -0.15) is 0 Å². The predicted octanol–water partition coefficient (Wildman–Crippen LogP) is 2.76. The van der Waals surface area contributed by atoms with E-state index in [2.05, 4.69) is 64.3 Å². The summed E-state index contributed by atoms with van der Waals surface area (Å²) in [5, 5.41) is 4.55. The summed E-state index contributed by atoms with van der Waals surface area (Å²) in [4.78, 5) is 15.6. The Morgan fingerprint density at radius 1 is 1.28 bits per heavy atom. The average molecular weight is 414 g/mol. The molecule has 0 radical (unpaired) electrons. The predicted molar refractivity (Wildman–Crippen MR) is 118 cm³/mol. The van der Waals surface area contributed by atoms with Gasteiger partial charge in [-0.3, -0.25) is 4.90 Å². The molecule has 2 atom stereocenters. The lowest BCUT2D eigenvalue weighted by Crippen LogP contribution is -2.50. The molecule has 2 aliphatic heterocycles. The number of aromatic nitrogens is 1. The molecule has 0 spiro atoms. The number of guanidine groups is 1. The first-order valence-electron chi connectivity index (χ1n) is 10.6. The number of ether oxygens (including phenoxy) is 1. The fraction of sp³-hybridized carbons (Fsp3) is 0.545. The van der Waals surface area contributed by atoms with E-state index in [9.17, 15) is 0 Å². The maximum absolute atomic E-state index is 6.13. The minimum Gasteiger partial charge on any atom is -0.373 e. The molecule has 0 amide bonds. The molecular weight excluding hydrogens is 382 g/mol. The lowest BCUT2D eigenvalue weighted by molar-refractivity contribution is -0.0502. The molecule has 2 unspecified atom stereocenters. The molecule has 0 bridgehead atoms. The van der Waals surface area contributed by atoms with Crippen LogP contribution in [0, 0.1) is 0 Å². The maximum Gasteiger partial charge on any atom is 0.194 e. The molecule has 2 saturated heterocycles. The average Bonchev–Trinajstić information content (AvgIpc) is 3.39. The number of aryl methyl sites for hydroxylation is 1. The van der Waals surface area contributed by atoms with Crippen LogP contribution in [-0.2, 0) is 24.2 Å². The highest BCUT2D eigenvalue weighted by Gasteiger charge is 2.41. The van der Waals surface area contributed by atoms with Gasteiger partial charge in [-0.15, -0.1) is 11.3 Å². The van der Waals surface area contributed by atoms with Gasteiger partial charge in [-0.1, -0.05) is 37.3 Å². The summed E-state index contributed by atoms with van der Waals surface area (Å²) in [5.74, 6) is 0.971. The zero-order chi connectivity index (χ0) is 20.1. The van der Waals surface area contributed by atoms with Crippen molar-refractivity contribution in [2.75, 3.05) is 32.8 Å². The molecule has 29 heavy (non-hydrogen) atoms. The molecule has 6 nitrogen and oxygen atoms in total. The summed E-state index contributed by atoms with van der Waals surface area (Å²) in [6, 6.07) is 11.1. The number of benzene rings is 1. The number of likely N-dealkylation sites (tertiary alicyclic amines) is 1. The topological polar surface area (TPSA) is 53.0 Å². The monoisotopic (exact) mass is 413 g/mol. The number of hydrogen-bond donors (Lipinski definition) is 1. The molecule has 3 heterocycles. The molecular formula is C22H31N5OS. The van der Waals surface area contributed by atoms with Crippen LogP contribution in [0.3, 0.4) is 0 Å². The molecule has 1 aromatic carbocycles. The van der Waals surface area contributed by atoms with Gasteiger partial charge in [-0.25, -0.2) is 9.98 Å². The normalized spacial score (nSPS) is 22.7. The standard InChI is InChI=1S/C22H31N5OS/c1-3-18-12-24-21(29-18)13-25-22(23-4-2)27-15-19-20(16-27)28-11-10-26(19)14-17-8-6-5-7-9-17/h5-9,12,19-20H,3-4,10-11,13-16H2,1-2H3,(H,23,25). The Hall–Kier alpha value is -1.96. The minimum absolute atomic E-state index is 0.239. The van der Waals surface area contributed by atoms with Crippen molar-refractivity contribution in [1.82, 2.24) is 20.1 Å². The van der Waals surface area contributed by atoms with Crippen LogP contribution in [0.2, 0.25) is 0 Å². The third-order valence-electron chi connectivity index (χ3n) is 5.59. The van der Waals surface area contributed by atoms with E-state index in [1.807, 2.05) is 6.20 Å². The van der Waals surface area contributed by atoms with Gasteiger partial charge in [0, 0.05) is 43.8 Å². The molecule has 1 aromatic heterocycles. The van der Waals surface area contributed by atoms with Crippen molar-refractivity contribution >= 4 is 17.3 Å². The molecule has 4 rings (SSSR count). The maximum atomic E-state index is 6.13. The Balaban J connectivity index is 1.44. The molecule has 7 heteroatoms. The molecule has 2 aliphatic rings. The van der Waals surface area contributed by atoms with Crippen molar-refractivity contribution in [3.05, 3.63) is 52.0 Å². The molecule has 1 N–H and O–H groups in total. The molecule has 2 fully saturated rings. The number of rotatable bonds is 6. The number of nitrogens with one attached hydrogen (secondary N) is 1. The van der Waals surface area contributed by atoms with E-state index >= 15 is 0 Å². The first-order chi connectivity index (χ1) is 14.3. The second-order valence-corrected chi connectivity index (χ2v) is 8.78. The highest BCUT2D eigenvalue weighted by atomic mass is 32.1. The van der Waals surface area contributed by atoms with E-state index in [1.165, 1.54) is 10.4 Å². The number of nitrogens with zero attached hydrogens (tertiary/aromatic N) is 4. The van der Waals surface area contributed by atoms with Crippen LogP contribution in [0.15, 0.2) is 41.5 Å². The van der Waals surface area contributed by atoms with Crippen molar-refractivity contribution < 1.29 is 4.74 Å². The highest BCUT2D eigenvalue weighted by molar-refractivity contribution is 7.11. The minimum atomic E-state index is 0.239. The number of hydrogen-bond acceptors (Lipinski definition) is 5. The smallest absolute Gasteiger partial charge is 0.194 e. The second-order valence-electron chi connectivity index (χ2n) is 7.58. The SMILES string of the molecule is CCNC(=NCc1ncc(CC)s1)N1CC2OCCN(Cc3ccccc3)C2C1. The van der Waals surface area contributed by atoms with E-state index in [-0.39, 0.29) is 6.10 Å². The van der Waals surface area contributed by atoms with E-state index < -0.39 is 0 Å². The third kappa shape index (κ3) is 4.97. The van der Waals surface area contributed by atoms with E-state index in [0.717, 1.165) is 56.7 Å². The van der Waals surface area contributed by atoms with Crippen LogP contribution in [-0.4, -0.2) is 65.7 Å². The molecule has 0 aliphatic carbocycles. The Kier molecular flexibility index (Phi) is 6.79. The van der Waals surface area contributed by atoms with Crippen LogP contribution in [0.25, 0.3) is 0 Å². The van der Waals surface area contributed by atoms with Gasteiger partial charge in [0.05, 0.1) is 25.3 Å². The van der Waals surface area contributed by atoms with Gasteiger partial charge in [0.25, 0.3) is 0 Å². The lowest BCUT2D eigenvalue weighted by atomic mass is 10.1. The Morgan fingerprint density at radius 3 is 2.90 bits per heavy atom. The summed E-state index contributed by atoms with van der Waals surface area (Å²) < 4.78 is 6.13. The van der Waals surface area contributed by atoms with E-state index in [1.54, 1.807) is 11.3 Å². The van der Waals surface area contributed by atoms with Crippen molar-refractivity contribution in [1.29, 1.82) is 0 Å². The summed E-state index contributed by atoms with van der Waals surface area (Å²) in [7, 11) is 0. The van der Waals surface area contributed by atoms with E-state index in [4.69, 9.17) is 9.73 Å². The Labute approximate surface area is 177 Å². The second kappa shape index (κ2) is 9.69. The van der Waals surface area contributed by atoms with Crippen molar-refractivity contribution in [2.24, 2.45) is 4.99 Å². The van der Waals surface area contributed by atoms with Gasteiger partial charge in [0.2, 0.25) is 0 Å². The lowest BCUT2D eigenvalue weighted by Gasteiger charge is -2.36. The zero-order valence-corrected chi connectivity index (χ0v) is 18.2. The fourth-order valence-electron chi connectivity index (χ4n) is 4.10. The highest BCUT2D eigenvalue weighted by Crippen LogP contribution is 2.25. The van der Waals surface area contributed by atoms with Crippen LogP contribution in [0.5, 0.6) is 0 Å². The summed E-state index contributed by atoms with van der Waals surface area (Å²) in [5.41, 5.74) is 1.36. The summed E-state index contributed by atoms with van der Waals surface area (Å²) in [6.45, 7) is 10.4. The molecule has 0 saturated carbocycles. The first kappa shape index (κ1) is 20.3. The van der Waals surface area contributed by atoms with Crippen LogP contribution in [0.1, 0.15) is 29.3 Å². The number of morpholine rings is 1. The number of fused-ring (bicyclic) bond motifs is 1. The van der Waals surface area contributed by atoms with Gasteiger partial charge in [0.15, 0.2) is 5.96 Å². The number of aliphatic imine (C=N–C) groups is 1. The Bertz CT molecular complexity index is 809. The van der Waals surface area contributed by atoms with Crippen LogP contribution < -0.4 is 5.32 Å². The van der Waals surface area contributed by atoms with Gasteiger partial charge in [0.1, 0.15) is 5.01 Å². The molecule has 2 aromatic rings. The van der Waals surface area contributed by atoms with Gasteiger partial charge in [-0.05, 0) is 18.9 Å². The van der Waals surface area contributed by atoms with Crippen molar-refractivity contribution in [3.63, 3.8) is 0 Å². The third-order valence-corrected chi connectivity index (χ3v) is 6.72. The number of thiazole rings is 1. The summed E-state index contributed by atoms with van der Waals surface area (Å²) >= 11 is 1.76. The first-order valence-corrected chi connectivity index (χ1v) is 11.4.